The van der Waals surface area contributed by atoms with Crippen molar-refractivity contribution in [3.05, 3.63) is 39.9 Å². The first-order valence-electron chi connectivity index (χ1n) is 9.13. The molecule has 4 heterocycles. The van der Waals surface area contributed by atoms with Crippen LogP contribution in [0.1, 0.15) is 11.6 Å². The van der Waals surface area contributed by atoms with Crippen molar-refractivity contribution in [2.75, 3.05) is 11.5 Å². The molecule has 4 rings (SSSR count). The molecule has 2 aromatic heterocycles. The highest BCUT2D eigenvalue weighted by molar-refractivity contribution is 8.01. The molecule has 1 saturated heterocycles. The van der Waals surface area contributed by atoms with Crippen LogP contribution in [-0.4, -0.2) is 72.2 Å². The lowest BCUT2D eigenvalue weighted by molar-refractivity contribution is -0.150. The van der Waals surface area contributed by atoms with E-state index in [1.165, 1.54) is 46.0 Å². The Morgan fingerprint density at radius 3 is 2.88 bits per heavy atom. The molecule has 6 N–H and O–H groups in total. The molecule has 3 atom stereocenters. The summed E-state index contributed by atoms with van der Waals surface area (Å²) in [7, 11) is 0. The molecule has 0 aliphatic carbocycles. The molecule has 32 heavy (non-hydrogen) atoms. The number of β-lactam (4-membered cyclic amide) rings is 1. The van der Waals surface area contributed by atoms with E-state index in [1.54, 1.807) is 16.8 Å². The van der Waals surface area contributed by atoms with Crippen LogP contribution in [0.5, 0.6) is 0 Å². The van der Waals surface area contributed by atoms with Crippen LogP contribution < -0.4 is 16.4 Å². The standard InChI is InChI=1S/C17H17N7O5S3/c18-17(29)21-10(7-1-2-30-4-7)13(25)20-11-14(26)24-12(16(27)28)8(6-32-15(11)24)5-31-9-3-19-23-22-9/h1-4,10-11,15H,5-6H2,(H,20,25)(H,27,28)(H3,18,21,29)(H,19,22,23)/t10?,11-,15?/m0/s1. The highest BCUT2D eigenvalue weighted by Gasteiger charge is 2.54. The van der Waals surface area contributed by atoms with Gasteiger partial charge in [-0.05, 0) is 28.0 Å². The Labute approximate surface area is 193 Å². The lowest BCUT2D eigenvalue weighted by Gasteiger charge is -2.49. The second-order valence-corrected chi connectivity index (χ2v) is 9.63. The van der Waals surface area contributed by atoms with Gasteiger partial charge in [0.1, 0.15) is 28.2 Å². The number of H-pyrrole nitrogens is 1. The molecule has 4 amide bonds. The average molecular weight is 496 g/mol. The van der Waals surface area contributed by atoms with E-state index < -0.39 is 41.3 Å². The summed E-state index contributed by atoms with van der Waals surface area (Å²) in [6, 6.07) is -1.19. The number of nitrogens with one attached hydrogen (secondary N) is 3. The van der Waals surface area contributed by atoms with Crippen LogP contribution in [0.3, 0.4) is 0 Å². The van der Waals surface area contributed by atoms with Gasteiger partial charge in [-0.15, -0.1) is 16.9 Å². The molecule has 168 valence electrons. The quantitative estimate of drug-likeness (QED) is 0.250. The number of carbonyl (C=O) groups is 4. The number of nitrogens with two attached hydrogens (primary N) is 1. The predicted octanol–water partition coefficient (Wildman–Crippen LogP) is 0.107. The zero-order valence-electron chi connectivity index (χ0n) is 16.2. The molecule has 15 heteroatoms. The fraction of sp³-hybridized carbons (Fsp3) is 0.294. The highest BCUT2D eigenvalue weighted by atomic mass is 32.2. The minimum atomic E-state index is -1.21. The molecular formula is C17H17N7O5S3. The number of carbonyl (C=O) groups excluding carboxylic acids is 3. The van der Waals surface area contributed by atoms with Gasteiger partial charge in [0.25, 0.3) is 5.91 Å². The van der Waals surface area contributed by atoms with E-state index in [0.29, 0.717) is 27.7 Å². The number of aromatic nitrogens is 3. The van der Waals surface area contributed by atoms with Crippen molar-refractivity contribution < 1.29 is 24.3 Å². The van der Waals surface area contributed by atoms with Crippen LogP contribution in [0.2, 0.25) is 0 Å². The van der Waals surface area contributed by atoms with Gasteiger partial charge in [0.15, 0.2) is 0 Å². The second kappa shape index (κ2) is 9.22. The number of rotatable bonds is 8. The number of urea groups is 1. The third-order valence-electron chi connectivity index (χ3n) is 4.76. The first kappa shape index (κ1) is 22.2. The van der Waals surface area contributed by atoms with Crippen LogP contribution in [0.15, 0.2) is 39.3 Å². The molecule has 0 saturated carbocycles. The van der Waals surface area contributed by atoms with Gasteiger partial charge < -0.3 is 21.5 Å². The maximum Gasteiger partial charge on any atom is 0.352 e. The van der Waals surface area contributed by atoms with Crippen molar-refractivity contribution in [1.82, 2.24) is 30.9 Å². The Balaban J connectivity index is 1.48. The van der Waals surface area contributed by atoms with Gasteiger partial charge in [0.2, 0.25) is 5.91 Å². The maximum absolute atomic E-state index is 12.8. The van der Waals surface area contributed by atoms with Crippen molar-refractivity contribution in [3.8, 4) is 0 Å². The molecule has 0 spiro atoms. The third kappa shape index (κ3) is 4.31. The Kier molecular flexibility index (Phi) is 6.38. The fourth-order valence-electron chi connectivity index (χ4n) is 3.33. The monoisotopic (exact) mass is 495 g/mol. The minimum absolute atomic E-state index is 0.0788. The second-order valence-electron chi connectivity index (χ2n) is 6.75. The van der Waals surface area contributed by atoms with E-state index >= 15 is 0 Å². The Morgan fingerprint density at radius 1 is 1.44 bits per heavy atom. The zero-order valence-corrected chi connectivity index (χ0v) is 18.6. The van der Waals surface area contributed by atoms with Gasteiger partial charge in [-0.25, -0.2) is 9.59 Å². The van der Waals surface area contributed by atoms with Gasteiger partial charge >= 0.3 is 12.0 Å². The van der Waals surface area contributed by atoms with Crippen LogP contribution in [0, 0.1) is 0 Å². The van der Waals surface area contributed by atoms with E-state index in [-0.39, 0.29) is 5.70 Å². The molecule has 2 aliphatic heterocycles. The van der Waals surface area contributed by atoms with Crippen molar-refractivity contribution in [2.45, 2.75) is 22.5 Å². The number of amides is 4. The van der Waals surface area contributed by atoms with Crippen molar-refractivity contribution in [1.29, 1.82) is 0 Å². The summed E-state index contributed by atoms with van der Waals surface area (Å²) in [5.74, 6) is -1.64. The largest absolute Gasteiger partial charge is 0.477 e. The number of carboxylic acids is 1. The average Bonchev–Trinajstić information content (AvgIpc) is 3.47. The predicted molar refractivity (Wildman–Crippen MR) is 117 cm³/mol. The molecule has 12 nitrogen and oxygen atoms in total. The van der Waals surface area contributed by atoms with Crippen LogP contribution >= 0.6 is 34.9 Å². The van der Waals surface area contributed by atoms with E-state index in [9.17, 15) is 24.3 Å². The highest BCUT2D eigenvalue weighted by Crippen LogP contribution is 2.41. The zero-order chi connectivity index (χ0) is 22.8. The van der Waals surface area contributed by atoms with Gasteiger partial charge in [0.05, 0.1) is 6.20 Å². The van der Waals surface area contributed by atoms with Crippen LogP contribution in [0.25, 0.3) is 0 Å². The number of nitrogens with zero attached hydrogens (tertiary/aromatic N) is 3. The van der Waals surface area contributed by atoms with E-state index in [4.69, 9.17) is 5.73 Å². The number of carboxylic acid groups (broad SMARTS) is 1. The molecule has 0 radical (unpaired) electrons. The Morgan fingerprint density at radius 2 is 2.25 bits per heavy atom. The molecule has 2 aromatic rings. The van der Waals surface area contributed by atoms with Crippen LogP contribution in [0.4, 0.5) is 4.79 Å². The lowest BCUT2D eigenvalue weighted by Crippen LogP contribution is -2.71. The normalized spacial score (nSPS) is 20.9. The van der Waals surface area contributed by atoms with E-state index in [1.807, 2.05) is 0 Å². The summed E-state index contributed by atoms with van der Waals surface area (Å²) in [6.07, 6.45) is 1.52. The summed E-state index contributed by atoms with van der Waals surface area (Å²) in [4.78, 5) is 50.1. The number of primary amides is 1. The Bertz CT molecular complexity index is 1070. The van der Waals surface area contributed by atoms with Crippen LogP contribution in [-0.2, 0) is 14.4 Å². The molecule has 1 fully saturated rings. The van der Waals surface area contributed by atoms with Gasteiger partial charge in [-0.3, -0.25) is 14.5 Å². The topological polar surface area (TPSA) is 183 Å². The summed E-state index contributed by atoms with van der Waals surface area (Å²) < 4.78 is 0. The maximum atomic E-state index is 12.8. The number of aromatic amines is 1. The van der Waals surface area contributed by atoms with Gasteiger partial charge in [-0.2, -0.15) is 21.6 Å². The molecular weight excluding hydrogens is 478 g/mol. The smallest absolute Gasteiger partial charge is 0.352 e. The number of hydrogen-bond acceptors (Lipinski definition) is 9. The lowest BCUT2D eigenvalue weighted by atomic mass is 10.0. The third-order valence-corrected chi connectivity index (χ3v) is 7.79. The number of thiophene rings is 1. The van der Waals surface area contributed by atoms with Gasteiger partial charge in [-0.1, -0.05) is 11.8 Å². The summed E-state index contributed by atoms with van der Waals surface area (Å²) >= 11 is 4.01. The van der Waals surface area contributed by atoms with Crippen molar-refractivity contribution >= 4 is 58.7 Å². The summed E-state index contributed by atoms with van der Waals surface area (Å²) in [6.45, 7) is 0. The number of hydrogen-bond donors (Lipinski definition) is 5. The molecule has 2 aliphatic rings. The Hall–Kier alpha value is -3.04. The minimum Gasteiger partial charge on any atom is -0.477 e. The first-order valence-corrected chi connectivity index (χ1v) is 12.1. The summed E-state index contributed by atoms with van der Waals surface area (Å²) in [5, 5.41) is 28.3. The SMILES string of the molecule is NC(=O)NC(C(=O)N[C@H]1C(=O)N2C(C(=O)O)=C(CSc3cn[nH]n3)CSC12)c1ccsc1. The molecule has 0 bridgehead atoms. The van der Waals surface area contributed by atoms with E-state index in [0.717, 1.165) is 0 Å². The van der Waals surface area contributed by atoms with Crippen molar-refractivity contribution in [2.24, 2.45) is 5.73 Å². The van der Waals surface area contributed by atoms with Gasteiger partial charge in [0, 0.05) is 11.5 Å². The summed E-state index contributed by atoms with van der Waals surface area (Å²) in [5.41, 5.74) is 6.22. The van der Waals surface area contributed by atoms with Crippen molar-refractivity contribution in [3.63, 3.8) is 0 Å². The number of aliphatic carboxylic acids is 1. The number of fused-ring (bicyclic) bond motifs is 1. The number of thioether (sulfide) groups is 2. The first-order chi connectivity index (χ1) is 15.4. The molecule has 2 unspecified atom stereocenters. The van der Waals surface area contributed by atoms with E-state index in [2.05, 4.69) is 26.0 Å². The fourth-order valence-corrected chi connectivity index (χ4v) is 6.29. The molecule has 0 aromatic carbocycles.